The second-order valence-electron chi connectivity index (χ2n) is 3.78. The van der Waals surface area contributed by atoms with Crippen molar-refractivity contribution in [3.8, 4) is 11.4 Å². The zero-order valence-corrected chi connectivity index (χ0v) is 8.88. The molecule has 17 heavy (non-hydrogen) atoms. The van der Waals surface area contributed by atoms with Crippen molar-refractivity contribution in [2.75, 3.05) is 0 Å². The third kappa shape index (κ3) is 1.49. The molecule has 4 nitrogen and oxygen atoms in total. The van der Waals surface area contributed by atoms with Crippen LogP contribution in [0.2, 0.25) is 0 Å². The van der Waals surface area contributed by atoms with E-state index in [1.165, 1.54) is 6.07 Å². The summed E-state index contributed by atoms with van der Waals surface area (Å²) in [6, 6.07) is 2.03. The van der Waals surface area contributed by atoms with Crippen molar-refractivity contribution in [3.05, 3.63) is 35.7 Å². The summed E-state index contributed by atoms with van der Waals surface area (Å²) in [5.41, 5.74) is 2.01. The lowest BCUT2D eigenvalue weighted by atomic mass is 10.2. The Balaban J connectivity index is 2.27. The van der Waals surface area contributed by atoms with Gasteiger partial charge in [-0.05, 0) is 13.0 Å². The van der Waals surface area contributed by atoms with Crippen LogP contribution in [-0.4, -0.2) is 20.2 Å². The highest BCUT2D eigenvalue weighted by atomic mass is 19.1. The predicted molar refractivity (Wildman–Crippen MR) is 58.3 cm³/mol. The van der Waals surface area contributed by atoms with E-state index in [4.69, 9.17) is 0 Å². The Kier molecular flexibility index (Phi) is 1.98. The van der Waals surface area contributed by atoms with Crippen LogP contribution in [-0.2, 0) is 0 Å². The van der Waals surface area contributed by atoms with Crippen LogP contribution in [0.5, 0.6) is 0 Å². The van der Waals surface area contributed by atoms with Gasteiger partial charge in [-0.2, -0.15) is 5.10 Å². The van der Waals surface area contributed by atoms with E-state index in [-0.39, 0.29) is 5.52 Å². The maximum atomic E-state index is 13.5. The van der Waals surface area contributed by atoms with Gasteiger partial charge >= 0.3 is 0 Å². The van der Waals surface area contributed by atoms with Gasteiger partial charge in [0.05, 0.1) is 17.3 Å². The van der Waals surface area contributed by atoms with Gasteiger partial charge in [-0.15, -0.1) is 0 Å². The van der Waals surface area contributed by atoms with E-state index in [0.29, 0.717) is 11.3 Å². The molecule has 0 saturated heterocycles. The topological polar surface area (TPSA) is 57.4 Å². The normalized spacial score (nSPS) is 11.2. The van der Waals surface area contributed by atoms with E-state index in [1.54, 1.807) is 6.20 Å². The molecule has 0 aliphatic rings. The quantitative estimate of drug-likeness (QED) is 0.679. The van der Waals surface area contributed by atoms with Crippen molar-refractivity contribution in [1.82, 2.24) is 20.2 Å². The van der Waals surface area contributed by atoms with Gasteiger partial charge in [0.1, 0.15) is 17.2 Å². The number of nitrogens with zero attached hydrogens (tertiary/aromatic N) is 2. The zero-order chi connectivity index (χ0) is 12.0. The Morgan fingerprint density at radius 1 is 1.24 bits per heavy atom. The first-order valence-electron chi connectivity index (χ1n) is 5.00. The Bertz CT molecular complexity index is 699. The van der Waals surface area contributed by atoms with Gasteiger partial charge < -0.3 is 4.98 Å². The Morgan fingerprint density at radius 3 is 2.76 bits per heavy atom. The molecule has 0 amide bonds. The van der Waals surface area contributed by atoms with Gasteiger partial charge in [0.15, 0.2) is 5.82 Å². The van der Waals surface area contributed by atoms with Crippen molar-refractivity contribution in [3.63, 3.8) is 0 Å². The van der Waals surface area contributed by atoms with E-state index < -0.39 is 11.6 Å². The summed E-state index contributed by atoms with van der Waals surface area (Å²) in [6.07, 6.45) is 1.58. The van der Waals surface area contributed by atoms with Crippen LogP contribution in [0.15, 0.2) is 18.3 Å². The van der Waals surface area contributed by atoms with Crippen LogP contribution in [0.3, 0.4) is 0 Å². The molecule has 0 aliphatic carbocycles. The molecule has 0 saturated carbocycles. The lowest BCUT2D eigenvalue weighted by Crippen LogP contribution is -1.81. The number of fused-ring (bicyclic) bond motifs is 1. The second-order valence-corrected chi connectivity index (χ2v) is 3.78. The fourth-order valence-electron chi connectivity index (χ4n) is 1.76. The van der Waals surface area contributed by atoms with Gasteiger partial charge in [-0.1, -0.05) is 0 Å². The summed E-state index contributed by atoms with van der Waals surface area (Å²) in [7, 11) is 0. The Labute approximate surface area is 94.7 Å². The number of hydrogen-bond acceptors (Lipinski definition) is 2. The molecule has 86 valence electrons. The van der Waals surface area contributed by atoms with E-state index in [1.807, 2.05) is 6.92 Å². The molecule has 3 rings (SSSR count). The van der Waals surface area contributed by atoms with E-state index in [9.17, 15) is 8.78 Å². The average Bonchev–Trinajstić information content (AvgIpc) is 2.83. The summed E-state index contributed by atoms with van der Waals surface area (Å²) < 4.78 is 26.5. The largest absolute Gasteiger partial charge is 0.338 e. The number of halogens is 2. The highest BCUT2D eigenvalue weighted by Crippen LogP contribution is 2.24. The third-order valence-electron chi connectivity index (χ3n) is 2.59. The lowest BCUT2D eigenvalue weighted by molar-refractivity contribution is 0.591. The van der Waals surface area contributed by atoms with Crippen LogP contribution in [0.1, 0.15) is 5.69 Å². The minimum Gasteiger partial charge on any atom is -0.338 e. The number of imidazole rings is 1. The van der Waals surface area contributed by atoms with Crippen molar-refractivity contribution in [1.29, 1.82) is 0 Å². The van der Waals surface area contributed by atoms with Gasteiger partial charge in [-0.25, -0.2) is 13.8 Å². The number of rotatable bonds is 1. The molecule has 0 radical (unpaired) electrons. The first kappa shape index (κ1) is 9.95. The zero-order valence-electron chi connectivity index (χ0n) is 8.88. The molecular formula is C11H8F2N4. The summed E-state index contributed by atoms with van der Waals surface area (Å²) in [5, 5.41) is 6.62. The molecule has 0 unspecified atom stereocenters. The lowest BCUT2D eigenvalue weighted by Gasteiger charge is -1.90. The van der Waals surface area contributed by atoms with Crippen molar-refractivity contribution in [2.45, 2.75) is 6.92 Å². The van der Waals surface area contributed by atoms with Gasteiger partial charge in [0, 0.05) is 11.8 Å². The van der Waals surface area contributed by atoms with Crippen LogP contribution >= 0.6 is 0 Å². The fraction of sp³-hybridized carbons (Fsp3) is 0.0909. The molecule has 2 heterocycles. The Morgan fingerprint density at radius 2 is 2.06 bits per heavy atom. The van der Waals surface area contributed by atoms with Crippen molar-refractivity contribution in [2.24, 2.45) is 0 Å². The van der Waals surface area contributed by atoms with Crippen LogP contribution in [0.4, 0.5) is 8.78 Å². The van der Waals surface area contributed by atoms with E-state index in [2.05, 4.69) is 20.2 Å². The van der Waals surface area contributed by atoms with E-state index >= 15 is 0 Å². The molecule has 0 aliphatic heterocycles. The number of aryl methyl sites for hydroxylation is 1. The molecule has 2 aromatic heterocycles. The third-order valence-corrected chi connectivity index (χ3v) is 2.59. The molecule has 0 bridgehead atoms. The van der Waals surface area contributed by atoms with Gasteiger partial charge in [-0.3, -0.25) is 5.10 Å². The maximum absolute atomic E-state index is 13.5. The van der Waals surface area contributed by atoms with Gasteiger partial charge in [0.25, 0.3) is 0 Å². The van der Waals surface area contributed by atoms with Crippen LogP contribution in [0, 0.1) is 18.6 Å². The minimum absolute atomic E-state index is 0.127. The summed E-state index contributed by atoms with van der Waals surface area (Å²) in [4.78, 5) is 6.97. The fourth-order valence-corrected chi connectivity index (χ4v) is 1.76. The maximum Gasteiger partial charge on any atom is 0.153 e. The monoisotopic (exact) mass is 234 g/mol. The molecule has 0 atom stereocenters. The number of aromatic nitrogens is 4. The molecular weight excluding hydrogens is 226 g/mol. The second kappa shape index (κ2) is 3.38. The minimum atomic E-state index is -0.677. The van der Waals surface area contributed by atoms with Crippen LogP contribution < -0.4 is 0 Å². The molecule has 0 fully saturated rings. The Hall–Kier alpha value is -2.24. The molecule has 2 N–H and O–H groups in total. The number of hydrogen-bond donors (Lipinski definition) is 2. The first-order chi connectivity index (χ1) is 8.15. The molecule has 0 spiro atoms. The SMILES string of the molecule is Cc1[nH]ncc1-c1nc2c(F)cc(F)cc2[nH]1. The standard InChI is InChI=1S/C11H8F2N4/c1-5-7(4-14-17-5)11-15-9-3-6(12)2-8(13)10(9)16-11/h2-4H,1H3,(H,14,17)(H,15,16). The highest BCUT2D eigenvalue weighted by molar-refractivity contribution is 5.80. The highest BCUT2D eigenvalue weighted by Gasteiger charge is 2.13. The smallest absolute Gasteiger partial charge is 0.153 e. The summed E-state index contributed by atoms with van der Waals surface area (Å²) in [6.45, 7) is 1.83. The first-order valence-corrected chi connectivity index (χ1v) is 5.00. The van der Waals surface area contributed by atoms with Crippen molar-refractivity contribution < 1.29 is 8.78 Å². The van der Waals surface area contributed by atoms with Crippen molar-refractivity contribution >= 4 is 11.0 Å². The number of H-pyrrole nitrogens is 2. The average molecular weight is 234 g/mol. The van der Waals surface area contributed by atoms with Crippen LogP contribution in [0.25, 0.3) is 22.4 Å². The predicted octanol–water partition coefficient (Wildman–Crippen LogP) is 2.54. The summed E-state index contributed by atoms with van der Waals surface area (Å²) in [5.74, 6) is -0.839. The number of benzene rings is 1. The number of nitrogens with one attached hydrogen (secondary N) is 2. The number of aromatic amines is 2. The molecule has 6 heteroatoms. The molecule has 1 aromatic carbocycles. The molecule has 3 aromatic rings. The summed E-state index contributed by atoms with van der Waals surface area (Å²) >= 11 is 0. The van der Waals surface area contributed by atoms with E-state index in [0.717, 1.165) is 17.3 Å². The van der Waals surface area contributed by atoms with Gasteiger partial charge in [0.2, 0.25) is 0 Å².